The van der Waals surface area contributed by atoms with Crippen LogP contribution in [-0.2, 0) is 32.2 Å². The number of carbonyl (C=O) groups is 6. The van der Waals surface area contributed by atoms with Gasteiger partial charge in [-0.05, 0) is 112 Å². The Labute approximate surface area is 398 Å². The normalized spacial score (nSPS) is 12.0. The van der Waals surface area contributed by atoms with E-state index in [1.807, 2.05) is 39.8 Å². The first-order valence-corrected chi connectivity index (χ1v) is 23.5. The number of ether oxygens (including phenoxy) is 1. The van der Waals surface area contributed by atoms with E-state index in [1.165, 1.54) is 6.07 Å². The highest BCUT2D eigenvalue weighted by Crippen LogP contribution is 2.31. The van der Waals surface area contributed by atoms with Crippen molar-refractivity contribution < 1.29 is 33.5 Å². The summed E-state index contributed by atoms with van der Waals surface area (Å²) in [6.45, 7) is 16.9. The molecule has 6 amide bonds. The number of anilines is 2. The summed E-state index contributed by atoms with van der Waals surface area (Å²) >= 11 is 0. The van der Waals surface area contributed by atoms with Gasteiger partial charge in [0.15, 0.2) is 0 Å². The fourth-order valence-corrected chi connectivity index (χ4v) is 7.87. The van der Waals surface area contributed by atoms with E-state index in [9.17, 15) is 33.6 Å². The Morgan fingerprint density at radius 3 is 2.21 bits per heavy atom. The van der Waals surface area contributed by atoms with Gasteiger partial charge >= 0.3 is 0 Å². The summed E-state index contributed by atoms with van der Waals surface area (Å²) in [6, 6.07) is 19.1. The molecule has 1 aliphatic heterocycles. The second kappa shape index (κ2) is 26.0. The van der Waals surface area contributed by atoms with Gasteiger partial charge in [0.05, 0.1) is 17.7 Å². The van der Waals surface area contributed by atoms with Crippen molar-refractivity contribution >= 4 is 46.8 Å². The van der Waals surface area contributed by atoms with Crippen LogP contribution in [0.3, 0.4) is 0 Å². The monoisotopic (exact) mass is 934 g/mol. The molecule has 68 heavy (non-hydrogen) atoms. The summed E-state index contributed by atoms with van der Waals surface area (Å²) in [4.78, 5) is 94.6. The molecule has 17 nitrogen and oxygen atoms in total. The van der Waals surface area contributed by atoms with Crippen LogP contribution in [0.15, 0.2) is 65.5 Å². The minimum Gasteiger partial charge on any atom is -0.385 e. The zero-order chi connectivity index (χ0) is 49.2. The van der Waals surface area contributed by atoms with E-state index in [0.717, 1.165) is 70.2 Å². The third kappa shape index (κ3) is 14.7. The number of benzene rings is 3. The summed E-state index contributed by atoms with van der Waals surface area (Å²) in [5.74, 6) is -2.77. The largest absolute Gasteiger partial charge is 0.385 e. The molecule has 0 spiro atoms. The maximum atomic E-state index is 13.7. The average Bonchev–Trinajstić information content (AvgIpc) is 3.55. The second-order valence-corrected chi connectivity index (χ2v) is 16.8. The van der Waals surface area contributed by atoms with Crippen LogP contribution in [-0.4, -0.2) is 116 Å². The van der Waals surface area contributed by atoms with Crippen molar-refractivity contribution in [1.29, 1.82) is 0 Å². The van der Waals surface area contributed by atoms with Gasteiger partial charge in [0, 0.05) is 93.6 Å². The van der Waals surface area contributed by atoms with E-state index in [0.29, 0.717) is 69.0 Å². The standard InChI is InChI=1S/C51H67N9O8/c1-7-44(61)58-46(63)32-60-50(66)39-14-12-15-42(47(39)51(60)67)53-20-10-11-21-55-45(62)30-52-23-24-59(8-2)31-36-16-18-37(19-17-36)38-27-40(35(6)43(28-38)54-22-13-25-68-9-3)48(64)56-29-41-33(4)26-34(5)57-49(41)65/h12,14-19,26-28,52-54H,7-11,13,20-25,29-32H2,1-6H3,(H,55,62)(H,56,64)(H,57,65)(H,58,61,63). The number of hydrogen-bond acceptors (Lipinski definition) is 12. The topological polar surface area (TPSA) is 223 Å². The molecular formula is C51H67N9O8. The van der Waals surface area contributed by atoms with Gasteiger partial charge in [0.25, 0.3) is 23.3 Å². The van der Waals surface area contributed by atoms with E-state index >= 15 is 0 Å². The molecule has 2 heterocycles. The molecular weight excluding hydrogens is 867 g/mol. The fraction of sp³-hybridized carbons (Fsp3) is 0.431. The predicted octanol–water partition coefficient (Wildman–Crippen LogP) is 4.80. The molecule has 7 N–H and O–H groups in total. The van der Waals surface area contributed by atoms with Crippen LogP contribution < -0.4 is 37.5 Å². The SMILES string of the molecule is CCOCCCNc1cc(-c2ccc(CN(CC)CCNCC(=O)NCCCCNc3cccc4c3C(=O)N(CC(=O)NC(=O)CC)C4=O)cc2)cc(C(=O)NCc2c(C)cc(C)[nH]c2=O)c1C. The fourth-order valence-electron chi connectivity index (χ4n) is 7.87. The molecule has 17 heteroatoms. The first-order valence-electron chi connectivity index (χ1n) is 23.5. The van der Waals surface area contributed by atoms with Crippen LogP contribution >= 0.6 is 0 Å². The summed E-state index contributed by atoms with van der Waals surface area (Å²) in [5, 5.41) is 18.0. The van der Waals surface area contributed by atoms with Gasteiger partial charge in [-0.2, -0.15) is 0 Å². The predicted molar refractivity (Wildman–Crippen MR) is 264 cm³/mol. The summed E-state index contributed by atoms with van der Waals surface area (Å²) in [6.07, 6.45) is 2.29. The van der Waals surface area contributed by atoms with E-state index in [1.54, 1.807) is 19.1 Å². The lowest BCUT2D eigenvalue weighted by Gasteiger charge is -2.21. The Balaban J connectivity index is 1.05. The number of likely N-dealkylation sites (N-methyl/N-ethyl adjacent to an activating group) is 1. The lowest BCUT2D eigenvalue weighted by molar-refractivity contribution is -0.130. The van der Waals surface area contributed by atoms with Crippen molar-refractivity contribution in [3.63, 3.8) is 0 Å². The van der Waals surface area contributed by atoms with E-state index < -0.39 is 30.2 Å². The van der Waals surface area contributed by atoms with Gasteiger partial charge in [-0.25, -0.2) is 0 Å². The second-order valence-electron chi connectivity index (χ2n) is 16.8. The Morgan fingerprint density at radius 2 is 1.49 bits per heavy atom. The number of aryl methyl sites for hydroxylation is 2. The number of hydrogen-bond donors (Lipinski definition) is 7. The summed E-state index contributed by atoms with van der Waals surface area (Å²) < 4.78 is 5.52. The molecule has 364 valence electrons. The van der Waals surface area contributed by atoms with E-state index in [2.05, 4.69) is 79.0 Å². The zero-order valence-corrected chi connectivity index (χ0v) is 40.2. The number of H-pyrrole nitrogens is 1. The van der Waals surface area contributed by atoms with Gasteiger partial charge in [-0.15, -0.1) is 0 Å². The molecule has 0 atom stereocenters. The molecule has 3 aromatic carbocycles. The molecule has 0 saturated heterocycles. The smallest absolute Gasteiger partial charge is 0.264 e. The Morgan fingerprint density at radius 1 is 0.750 bits per heavy atom. The van der Waals surface area contributed by atoms with Gasteiger partial charge < -0.3 is 36.3 Å². The molecule has 4 aromatic rings. The van der Waals surface area contributed by atoms with Gasteiger partial charge in [0.2, 0.25) is 17.7 Å². The molecule has 0 radical (unpaired) electrons. The van der Waals surface area contributed by atoms with Gasteiger partial charge in [-0.1, -0.05) is 44.2 Å². The first kappa shape index (κ1) is 52.3. The number of pyridine rings is 1. The van der Waals surface area contributed by atoms with Crippen LogP contribution in [0.2, 0.25) is 0 Å². The van der Waals surface area contributed by atoms with Gasteiger partial charge in [0.1, 0.15) is 6.54 Å². The van der Waals surface area contributed by atoms with E-state index in [4.69, 9.17) is 4.74 Å². The molecule has 0 fully saturated rings. The highest BCUT2D eigenvalue weighted by molar-refractivity contribution is 6.24. The Hall–Kier alpha value is -6.69. The number of nitrogens with one attached hydrogen (secondary N) is 7. The molecule has 1 aromatic heterocycles. The highest BCUT2D eigenvalue weighted by atomic mass is 16.5. The number of fused-ring (bicyclic) bond motifs is 1. The zero-order valence-electron chi connectivity index (χ0n) is 40.2. The number of carbonyl (C=O) groups excluding carboxylic acids is 6. The van der Waals surface area contributed by atoms with Crippen molar-refractivity contribution in [1.82, 2.24) is 36.1 Å². The van der Waals surface area contributed by atoms with Crippen LogP contribution in [0.25, 0.3) is 11.1 Å². The van der Waals surface area contributed by atoms with Crippen molar-refractivity contribution in [3.05, 3.63) is 116 Å². The number of nitrogens with zero attached hydrogens (tertiary/aromatic N) is 2. The lowest BCUT2D eigenvalue weighted by Crippen LogP contribution is -2.42. The number of amides is 6. The number of aromatic amines is 1. The van der Waals surface area contributed by atoms with Crippen molar-refractivity contribution in [2.24, 2.45) is 0 Å². The molecule has 5 rings (SSSR count). The van der Waals surface area contributed by atoms with Crippen LogP contribution in [0.5, 0.6) is 0 Å². The third-order valence-corrected chi connectivity index (χ3v) is 11.7. The molecule has 0 saturated carbocycles. The quantitative estimate of drug-likeness (QED) is 0.0317. The maximum Gasteiger partial charge on any atom is 0.264 e. The summed E-state index contributed by atoms with van der Waals surface area (Å²) in [5.41, 5.74) is 7.98. The van der Waals surface area contributed by atoms with Crippen LogP contribution in [0.1, 0.15) is 105 Å². The Bertz CT molecular complexity index is 2490. The lowest BCUT2D eigenvalue weighted by atomic mass is 9.96. The average molecular weight is 934 g/mol. The van der Waals surface area contributed by atoms with Crippen LogP contribution in [0, 0.1) is 20.8 Å². The third-order valence-electron chi connectivity index (χ3n) is 11.7. The summed E-state index contributed by atoms with van der Waals surface area (Å²) in [7, 11) is 0. The van der Waals surface area contributed by atoms with Crippen molar-refractivity contribution in [3.8, 4) is 11.1 Å². The van der Waals surface area contributed by atoms with Crippen LogP contribution in [0.4, 0.5) is 11.4 Å². The first-order chi connectivity index (χ1) is 32.7. The minimum atomic E-state index is -0.723. The van der Waals surface area contributed by atoms with Crippen molar-refractivity contribution in [2.45, 2.75) is 80.3 Å². The number of rotatable bonds is 27. The minimum absolute atomic E-state index is 0.102. The number of aromatic nitrogens is 1. The number of unbranched alkanes of at least 4 members (excludes halogenated alkanes) is 1. The molecule has 0 bridgehead atoms. The molecule has 1 aliphatic rings. The van der Waals surface area contributed by atoms with E-state index in [-0.39, 0.29) is 48.0 Å². The maximum absolute atomic E-state index is 13.7. The van der Waals surface area contributed by atoms with Crippen molar-refractivity contribution in [2.75, 3.05) is 76.2 Å². The number of imide groups is 2. The highest BCUT2D eigenvalue weighted by Gasteiger charge is 2.38. The van der Waals surface area contributed by atoms with Gasteiger partial charge in [-0.3, -0.25) is 48.7 Å². The molecule has 0 aliphatic carbocycles. The Kier molecular flexibility index (Phi) is 20.0. The molecule has 0 unspecified atom stereocenters.